The number of nitrogens with two attached hydrogens (primary N) is 1. The molecule has 0 radical (unpaired) electrons. The molecule has 0 aliphatic carbocycles. The van der Waals surface area contributed by atoms with E-state index in [9.17, 15) is 28.3 Å². The van der Waals surface area contributed by atoms with Crippen LogP contribution in [0, 0.1) is 11.8 Å². The molecule has 34 heavy (non-hydrogen) atoms. The fraction of sp³-hybridized carbons (Fsp3) is 0.462. The zero-order valence-electron chi connectivity index (χ0n) is 16.7. The molecule has 2 aromatic heterocycles. The summed E-state index contributed by atoms with van der Waals surface area (Å²) in [6.07, 6.45) is 0.573. The largest absolute Gasteiger partial charge is 0.490 e. The zero-order valence-corrected chi connectivity index (χ0v) is 19.4. The molecule has 0 aromatic carbocycles. The van der Waals surface area contributed by atoms with Crippen molar-refractivity contribution in [2.75, 3.05) is 18.9 Å². The molecule has 18 nitrogen and oxygen atoms in total. The van der Waals surface area contributed by atoms with Gasteiger partial charge in [-0.2, -0.15) is 13.6 Å². The Kier molecular flexibility index (Phi) is 7.52. The van der Waals surface area contributed by atoms with Crippen LogP contribution in [-0.2, 0) is 31.6 Å². The third-order valence-electron chi connectivity index (χ3n) is 4.19. The molecule has 3 rings (SSSR count). The minimum absolute atomic E-state index is 0.0266. The first kappa shape index (κ1) is 26.6. The van der Waals surface area contributed by atoms with Gasteiger partial charge < -0.3 is 35.2 Å². The summed E-state index contributed by atoms with van der Waals surface area (Å²) in [5.74, 6) is 4.64. The predicted octanol–water partition coefficient (Wildman–Crippen LogP) is -0.911. The van der Waals surface area contributed by atoms with Gasteiger partial charge in [-0.15, -0.1) is 0 Å². The Balaban J connectivity index is 1.80. The van der Waals surface area contributed by atoms with Crippen molar-refractivity contribution in [2.45, 2.75) is 24.7 Å². The van der Waals surface area contributed by atoms with E-state index in [4.69, 9.17) is 25.4 Å². The van der Waals surface area contributed by atoms with Gasteiger partial charge in [0.15, 0.2) is 16.8 Å². The van der Waals surface area contributed by atoms with Gasteiger partial charge in [0.2, 0.25) is 5.95 Å². The van der Waals surface area contributed by atoms with Gasteiger partial charge in [-0.3, -0.25) is 18.9 Å². The first-order valence-electron chi connectivity index (χ1n) is 8.94. The molecule has 4 atom stereocenters. The number of phosphoric ester groups is 1. The number of anilines is 1. The second-order valence-corrected chi connectivity index (χ2v) is 11.1. The summed E-state index contributed by atoms with van der Waals surface area (Å²) in [4.78, 5) is 58.3. The molecule has 2 aromatic rings. The van der Waals surface area contributed by atoms with Crippen molar-refractivity contribution in [3.8, 4) is 11.8 Å². The maximum absolute atomic E-state index is 12.1. The van der Waals surface area contributed by atoms with E-state index < -0.39 is 54.1 Å². The Labute approximate surface area is 189 Å². The molecular formula is C13H18N5O13P3. The van der Waals surface area contributed by atoms with Crippen LogP contribution in [0.2, 0.25) is 0 Å². The number of phosphoric acid groups is 3. The average Bonchev–Trinajstić information content (AvgIpc) is 3.27. The fourth-order valence-electron chi connectivity index (χ4n) is 3.01. The molecule has 4 unspecified atom stereocenters. The first-order valence-corrected chi connectivity index (χ1v) is 13.5. The lowest BCUT2D eigenvalue weighted by Crippen LogP contribution is -2.33. The van der Waals surface area contributed by atoms with E-state index in [2.05, 4.69) is 39.9 Å². The van der Waals surface area contributed by atoms with Crippen LogP contribution >= 0.6 is 23.5 Å². The molecule has 1 fully saturated rings. The molecule has 1 saturated heterocycles. The van der Waals surface area contributed by atoms with E-state index in [1.165, 1.54) is 10.9 Å². The SMILES string of the molecule is Nc1nc2c(ncn2C2CCC(C#CCO)(COP(=O)(O)OP(=O)(O)OP(=O)(O)O)O2)c(=O)[nH]1. The summed E-state index contributed by atoms with van der Waals surface area (Å²) in [5.41, 5.74) is 3.33. The molecule has 0 amide bonds. The molecule has 1 aliphatic heterocycles. The average molecular weight is 545 g/mol. The number of aromatic nitrogens is 4. The maximum Gasteiger partial charge on any atom is 0.490 e. The highest BCUT2D eigenvalue weighted by atomic mass is 31.3. The van der Waals surface area contributed by atoms with Gasteiger partial charge in [0, 0.05) is 0 Å². The van der Waals surface area contributed by atoms with Crippen LogP contribution in [0.3, 0.4) is 0 Å². The first-order chi connectivity index (χ1) is 15.6. The summed E-state index contributed by atoms with van der Waals surface area (Å²) in [6.45, 7) is -1.48. The highest BCUT2D eigenvalue weighted by Crippen LogP contribution is 2.66. The van der Waals surface area contributed by atoms with Crippen LogP contribution in [0.4, 0.5) is 5.95 Å². The Hall–Kier alpha value is -1.96. The van der Waals surface area contributed by atoms with Gasteiger partial charge in [0.05, 0.1) is 12.9 Å². The lowest BCUT2D eigenvalue weighted by Gasteiger charge is -2.25. The maximum atomic E-state index is 12.1. The molecule has 0 bridgehead atoms. The Morgan fingerprint density at radius 2 is 1.97 bits per heavy atom. The number of rotatable bonds is 8. The van der Waals surface area contributed by atoms with Crippen molar-refractivity contribution in [3.05, 3.63) is 16.7 Å². The van der Waals surface area contributed by atoms with Crippen LogP contribution in [0.1, 0.15) is 19.1 Å². The number of hydrogen-bond donors (Lipinski definition) is 7. The topological polar surface area (TPSA) is 279 Å². The molecule has 21 heteroatoms. The van der Waals surface area contributed by atoms with E-state index in [-0.39, 0.29) is 30.0 Å². The van der Waals surface area contributed by atoms with E-state index >= 15 is 0 Å². The number of aromatic amines is 1. The van der Waals surface area contributed by atoms with Crippen molar-refractivity contribution in [1.29, 1.82) is 0 Å². The van der Waals surface area contributed by atoms with E-state index in [1.54, 1.807) is 0 Å². The smallest absolute Gasteiger partial charge is 0.384 e. The molecule has 1 aliphatic rings. The van der Waals surface area contributed by atoms with Gasteiger partial charge in [-0.25, -0.2) is 18.7 Å². The van der Waals surface area contributed by atoms with E-state index in [0.717, 1.165) is 0 Å². The lowest BCUT2D eigenvalue weighted by atomic mass is 10.0. The van der Waals surface area contributed by atoms with Crippen LogP contribution in [0.25, 0.3) is 11.2 Å². The standard InChI is InChI=1S/C13H18N5O13P3/c14-12-16-10-9(11(20)17-12)15-7-18(10)8-2-4-13(29-8,3-1-5-19)6-28-33(24,25)31-34(26,27)30-32(21,22)23/h7-8,19H,2,4-6H2,(H,24,25)(H,26,27)(H2,21,22,23)(H3,14,16,17,20). The number of ether oxygens (including phenoxy) is 1. The van der Waals surface area contributed by atoms with E-state index in [1.807, 2.05) is 0 Å². The van der Waals surface area contributed by atoms with Crippen LogP contribution in [-0.4, -0.2) is 63.0 Å². The number of fused-ring (bicyclic) bond motifs is 1. The number of imidazole rings is 1. The lowest BCUT2D eigenvalue weighted by molar-refractivity contribution is -0.0608. The number of nitrogen functional groups attached to an aromatic ring is 1. The Bertz CT molecular complexity index is 1340. The number of hydrogen-bond acceptors (Lipinski definition) is 12. The number of nitrogens with zero attached hydrogens (tertiary/aromatic N) is 3. The van der Waals surface area contributed by atoms with Crippen molar-refractivity contribution in [3.63, 3.8) is 0 Å². The molecule has 8 N–H and O–H groups in total. The number of aliphatic hydroxyl groups excluding tert-OH is 1. The third-order valence-corrected chi connectivity index (χ3v) is 7.97. The highest BCUT2D eigenvalue weighted by Gasteiger charge is 2.45. The second kappa shape index (κ2) is 9.59. The summed E-state index contributed by atoms with van der Waals surface area (Å²) >= 11 is 0. The fourth-order valence-corrected chi connectivity index (χ4v) is 6.07. The van der Waals surface area contributed by atoms with Crippen LogP contribution in [0.15, 0.2) is 11.1 Å². The molecule has 3 heterocycles. The monoisotopic (exact) mass is 545 g/mol. The quantitative estimate of drug-likeness (QED) is 0.156. The molecule has 0 spiro atoms. The van der Waals surface area contributed by atoms with Gasteiger partial charge in [-0.05, 0) is 12.8 Å². The van der Waals surface area contributed by atoms with Crippen molar-refractivity contribution >= 4 is 40.6 Å². The van der Waals surface area contributed by atoms with Crippen molar-refractivity contribution in [1.82, 2.24) is 19.5 Å². The number of nitrogens with one attached hydrogen (secondary N) is 1. The molecular weight excluding hydrogens is 527 g/mol. The molecule has 188 valence electrons. The minimum Gasteiger partial charge on any atom is -0.384 e. The number of H-pyrrole nitrogens is 1. The normalized spacial score (nSPS) is 24.3. The summed E-state index contributed by atoms with van der Waals surface area (Å²) in [5, 5.41) is 9.05. The van der Waals surface area contributed by atoms with Crippen molar-refractivity contribution < 1.29 is 56.3 Å². The number of aliphatic hydroxyl groups is 1. The van der Waals surface area contributed by atoms with Gasteiger partial charge >= 0.3 is 23.5 Å². The minimum atomic E-state index is -5.71. The zero-order chi connectivity index (χ0) is 25.4. The predicted molar refractivity (Wildman–Crippen MR) is 109 cm³/mol. The second-order valence-electron chi connectivity index (χ2n) is 6.71. The van der Waals surface area contributed by atoms with Gasteiger partial charge in [0.25, 0.3) is 5.56 Å². The van der Waals surface area contributed by atoms with Crippen LogP contribution in [0.5, 0.6) is 0 Å². The Morgan fingerprint density at radius 3 is 2.62 bits per heavy atom. The summed E-state index contributed by atoms with van der Waals surface area (Å²) < 4.78 is 53.4. The molecule has 0 saturated carbocycles. The van der Waals surface area contributed by atoms with Crippen molar-refractivity contribution in [2.24, 2.45) is 0 Å². The van der Waals surface area contributed by atoms with Gasteiger partial charge in [-0.1, -0.05) is 11.8 Å². The van der Waals surface area contributed by atoms with Crippen LogP contribution < -0.4 is 11.3 Å². The Morgan fingerprint density at radius 1 is 1.26 bits per heavy atom. The summed E-state index contributed by atoms with van der Waals surface area (Å²) in [6, 6.07) is 0. The summed E-state index contributed by atoms with van der Waals surface area (Å²) in [7, 11) is -16.7. The van der Waals surface area contributed by atoms with Gasteiger partial charge in [0.1, 0.15) is 12.8 Å². The van der Waals surface area contributed by atoms with E-state index in [0.29, 0.717) is 0 Å². The highest BCUT2D eigenvalue weighted by molar-refractivity contribution is 7.66. The third kappa shape index (κ3) is 6.58.